The van der Waals surface area contributed by atoms with Crippen LogP contribution in [0.25, 0.3) is 0 Å². The third-order valence-electron chi connectivity index (χ3n) is 6.18. The van der Waals surface area contributed by atoms with Crippen molar-refractivity contribution in [2.75, 3.05) is 26.6 Å². The second-order valence-corrected chi connectivity index (χ2v) is 8.87. The number of benzene rings is 3. The molecule has 0 bridgehead atoms. The Bertz CT molecular complexity index is 1320. The van der Waals surface area contributed by atoms with E-state index >= 15 is 0 Å². The maximum Gasteiger partial charge on any atom is 0.248 e. The van der Waals surface area contributed by atoms with E-state index < -0.39 is 11.8 Å². The zero-order valence-electron chi connectivity index (χ0n) is 20.9. The summed E-state index contributed by atoms with van der Waals surface area (Å²) in [4.78, 5) is 31.0. The maximum absolute atomic E-state index is 12.6. The van der Waals surface area contributed by atoms with Crippen LogP contribution < -0.4 is 20.5 Å². The number of carbonyl (C=O) groups is 2. The van der Waals surface area contributed by atoms with Crippen LogP contribution in [-0.4, -0.2) is 43.7 Å². The van der Waals surface area contributed by atoms with Crippen molar-refractivity contribution in [2.24, 2.45) is 10.7 Å². The first-order valence-corrected chi connectivity index (χ1v) is 11.6. The Morgan fingerprint density at radius 2 is 1.64 bits per heavy atom. The molecule has 3 aromatic carbocycles. The zero-order chi connectivity index (χ0) is 25.8. The molecule has 36 heavy (non-hydrogen) atoms. The van der Waals surface area contributed by atoms with Gasteiger partial charge in [0.1, 0.15) is 5.92 Å². The summed E-state index contributed by atoms with van der Waals surface area (Å²) in [6.07, 6.45) is 0. The normalized spacial score (nSPS) is 15.0. The number of primary amides is 1. The van der Waals surface area contributed by atoms with Crippen LogP contribution in [0.2, 0.25) is 0 Å². The van der Waals surface area contributed by atoms with Gasteiger partial charge in [-0.05, 0) is 67.1 Å². The van der Waals surface area contributed by atoms with Crippen molar-refractivity contribution in [1.29, 1.82) is 0 Å². The number of anilines is 1. The number of nitrogens with zero attached hydrogens (tertiary/aromatic N) is 2. The number of fused-ring (bicyclic) bond motifs is 1. The van der Waals surface area contributed by atoms with Crippen molar-refractivity contribution < 1.29 is 19.1 Å². The number of nitrogens with two attached hydrogens (primary N) is 1. The molecule has 1 aliphatic rings. The Morgan fingerprint density at radius 1 is 0.972 bits per heavy atom. The predicted molar refractivity (Wildman–Crippen MR) is 140 cm³/mol. The zero-order valence-corrected chi connectivity index (χ0v) is 20.9. The lowest BCUT2D eigenvalue weighted by Crippen LogP contribution is -2.18. The monoisotopic (exact) mass is 486 g/mol. The molecule has 186 valence electrons. The largest absolute Gasteiger partial charge is 0.493 e. The van der Waals surface area contributed by atoms with E-state index in [4.69, 9.17) is 20.2 Å². The highest BCUT2D eigenvalue weighted by atomic mass is 16.5. The van der Waals surface area contributed by atoms with Gasteiger partial charge >= 0.3 is 0 Å². The third kappa shape index (κ3) is 5.39. The molecular formula is C28H30N4O4. The van der Waals surface area contributed by atoms with Crippen molar-refractivity contribution in [2.45, 2.75) is 25.9 Å². The van der Waals surface area contributed by atoms with E-state index in [-0.39, 0.29) is 5.91 Å². The fourth-order valence-corrected chi connectivity index (χ4v) is 4.43. The van der Waals surface area contributed by atoms with Gasteiger partial charge in [0.15, 0.2) is 11.5 Å². The Labute approximate surface area is 210 Å². The molecule has 0 aliphatic carbocycles. The SMILES string of the molecule is COc1ccc(CN(C)Cc2ccc(N=C(C)C3C(=O)Nc4cc(C(N)=O)ccc43)cc2)cc1OC. The Kier molecular flexibility index (Phi) is 7.36. The van der Waals surface area contributed by atoms with Gasteiger partial charge < -0.3 is 20.5 Å². The second kappa shape index (κ2) is 10.6. The van der Waals surface area contributed by atoms with E-state index in [0.717, 1.165) is 35.5 Å². The number of methoxy groups -OCH3 is 2. The molecule has 0 aromatic heterocycles. The van der Waals surface area contributed by atoms with Crippen LogP contribution in [0.3, 0.4) is 0 Å². The van der Waals surface area contributed by atoms with Gasteiger partial charge in [0.25, 0.3) is 0 Å². The molecule has 0 fully saturated rings. The number of hydrogen-bond acceptors (Lipinski definition) is 6. The summed E-state index contributed by atoms with van der Waals surface area (Å²) >= 11 is 0. The standard InChI is InChI=1S/C28H30N4O4/c1-17(26-22-11-8-20(27(29)33)14-23(22)31-28(26)34)30-21-9-5-18(6-10-21)15-32(2)16-19-7-12-24(35-3)25(13-19)36-4/h5-14,26H,15-16H2,1-4H3,(H2,29,33)(H,31,34). The van der Waals surface area contributed by atoms with E-state index in [1.807, 2.05) is 49.4 Å². The maximum atomic E-state index is 12.6. The summed E-state index contributed by atoms with van der Waals surface area (Å²) in [6, 6.07) is 18.9. The number of rotatable bonds is 9. The van der Waals surface area contributed by atoms with Crippen molar-refractivity contribution >= 4 is 28.9 Å². The fourth-order valence-electron chi connectivity index (χ4n) is 4.43. The topological polar surface area (TPSA) is 106 Å². The molecule has 3 aromatic rings. The third-order valence-corrected chi connectivity index (χ3v) is 6.18. The van der Waals surface area contributed by atoms with Gasteiger partial charge in [0.2, 0.25) is 11.8 Å². The highest BCUT2D eigenvalue weighted by Gasteiger charge is 2.33. The number of amides is 2. The number of nitrogens with one attached hydrogen (secondary N) is 1. The minimum Gasteiger partial charge on any atom is -0.493 e. The van der Waals surface area contributed by atoms with Gasteiger partial charge in [-0.2, -0.15) is 0 Å². The van der Waals surface area contributed by atoms with Crippen LogP contribution in [0.5, 0.6) is 11.5 Å². The molecule has 0 saturated heterocycles. The molecule has 8 heteroatoms. The second-order valence-electron chi connectivity index (χ2n) is 8.87. The van der Waals surface area contributed by atoms with Gasteiger partial charge in [-0.15, -0.1) is 0 Å². The molecule has 0 radical (unpaired) electrons. The molecule has 1 atom stereocenters. The summed E-state index contributed by atoms with van der Waals surface area (Å²) in [5.74, 6) is 0.225. The van der Waals surface area contributed by atoms with E-state index in [1.165, 1.54) is 0 Å². The molecule has 1 unspecified atom stereocenters. The van der Waals surface area contributed by atoms with Crippen LogP contribution >= 0.6 is 0 Å². The number of aliphatic imine (C=N–C) groups is 1. The minimum absolute atomic E-state index is 0.165. The van der Waals surface area contributed by atoms with Gasteiger partial charge in [0, 0.05) is 30.1 Å². The molecule has 1 heterocycles. The summed E-state index contributed by atoms with van der Waals surface area (Å²) in [5, 5.41) is 2.83. The summed E-state index contributed by atoms with van der Waals surface area (Å²) in [5.41, 5.74) is 10.8. The highest BCUT2D eigenvalue weighted by Crippen LogP contribution is 2.35. The Morgan fingerprint density at radius 3 is 2.31 bits per heavy atom. The number of hydrogen-bond donors (Lipinski definition) is 2. The van der Waals surface area contributed by atoms with Crippen molar-refractivity contribution in [3.05, 3.63) is 82.9 Å². The lowest BCUT2D eigenvalue weighted by atomic mass is 9.95. The quantitative estimate of drug-likeness (QED) is 0.440. The molecule has 2 amide bonds. The Hall–Kier alpha value is -4.17. The van der Waals surface area contributed by atoms with Crippen molar-refractivity contribution in [1.82, 2.24) is 4.90 Å². The van der Waals surface area contributed by atoms with Crippen LogP contribution in [0, 0.1) is 0 Å². The smallest absolute Gasteiger partial charge is 0.248 e. The van der Waals surface area contributed by atoms with E-state index in [9.17, 15) is 9.59 Å². The molecule has 0 saturated carbocycles. The summed E-state index contributed by atoms with van der Waals surface area (Å²) in [6.45, 7) is 3.36. The Balaban J connectivity index is 1.42. The average Bonchev–Trinajstić information content (AvgIpc) is 3.19. The number of ether oxygens (including phenoxy) is 2. The highest BCUT2D eigenvalue weighted by molar-refractivity contribution is 6.18. The number of carbonyl (C=O) groups excluding carboxylic acids is 2. The van der Waals surface area contributed by atoms with Crippen molar-refractivity contribution in [3.63, 3.8) is 0 Å². The van der Waals surface area contributed by atoms with E-state index in [0.29, 0.717) is 28.5 Å². The molecule has 4 rings (SSSR count). The van der Waals surface area contributed by atoms with Crippen LogP contribution in [0.1, 0.15) is 39.9 Å². The molecule has 1 aliphatic heterocycles. The molecule has 0 spiro atoms. The van der Waals surface area contributed by atoms with Gasteiger partial charge in [-0.1, -0.05) is 24.3 Å². The van der Waals surface area contributed by atoms with E-state index in [2.05, 4.69) is 17.3 Å². The van der Waals surface area contributed by atoms with Crippen LogP contribution in [-0.2, 0) is 17.9 Å². The molecular weight excluding hydrogens is 456 g/mol. The van der Waals surface area contributed by atoms with E-state index in [1.54, 1.807) is 32.4 Å². The van der Waals surface area contributed by atoms with Gasteiger partial charge in [-0.25, -0.2) is 0 Å². The van der Waals surface area contributed by atoms with Crippen molar-refractivity contribution in [3.8, 4) is 11.5 Å². The van der Waals surface area contributed by atoms with Crippen LogP contribution in [0.4, 0.5) is 11.4 Å². The summed E-state index contributed by atoms with van der Waals surface area (Å²) in [7, 11) is 5.32. The first-order valence-electron chi connectivity index (χ1n) is 11.6. The first kappa shape index (κ1) is 24.9. The summed E-state index contributed by atoms with van der Waals surface area (Å²) < 4.78 is 10.7. The van der Waals surface area contributed by atoms with Gasteiger partial charge in [0.05, 0.1) is 19.9 Å². The lowest BCUT2D eigenvalue weighted by Gasteiger charge is -2.18. The minimum atomic E-state index is -0.532. The van der Waals surface area contributed by atoms with Gasteiger partial charge in [-0.3, -0.25) is 19.5 Å². The first-order chi connectivity index (χ1) is 17.3. The van der Waals surface area contributed by atoms with Crippen LogP contribution in [0.15, 0.2) is 65.7 Å². The fraction of sp³-hybridized carbons (Fsp3) is 0.250. The molecule has 8 nitrogen and oxygen atoms in total. The molecule has 3 N–H and O–H groups in total. The predicted octanol–water partition coefficient (Wildman–Crippen LogP) is 4.26. The average molecular weight is 487 g/mol. The lowest BCUT2D eigenvalue weighted by molar-refractivity contribution is -0.115.